The van der Waals surface area contributed by atoms with Gasteiger partial charge in [-0.1, -0.05) is 6.07 Å². The molecule has 0 spiro atoms. The zero-order valence-electron chi connectivity index (χ0n) is 10.7. The second kappa shape index (κ2) is 5.66. The standard InChI is InChI=1S/C12H13F3N4S/c1-19(5-4-8-3-2-6-20-8)10-7-9(16)17-11(18-10)12(13,14)15/h2-3,6-7H,4-5H2,1H3,(H2,16,17,18). The molecule has 0 bridgehead atoms. The minimum Gasteiger partial charge on any atom is -0.384 e. The van der Waals surface area contributed by atoms with Crippen LogP contribution in [-0.4, -0.2) is 23.6 Å². The summed E-state index contributed by atoms with van der Waals surface area (Å²) in [6.45, 7) is 0.550. The second-order valence-electron chi connectivity index (χ2n) is 4.22. The molecule has 0 aromatic carbocycles. The van der Waals surface area contributed by atoms with E-state index in [0.717, 1.165) is 11.3 Å². The Morgan fingerprint density at radius 2 is 2.10 bits per heavy atom. The maximum atomic E-state index is 12.6. The molecule has 8 heteroatoms. The number of rotatable bonds is 4. The minimum absolute atomic E-state index is 0.168. The number of aromatic nitrogens is 2. The van der Waals surface area contributed by atoms with Crippen LogP contribution in [0, 0.1) is 0 Å². The number of nitrogen functional groups attached to an aromatic ring is 1. The largest absolute Gasteiger partial charge is 0.451 e. The van der Waals surface area contributed by atoms with Gasteiger partial charge in [-0.2, -0.15) is 13.2 Å². The Morgan fingerprint density at radius 1 is 1.35 bits per heavy atom. The van der Waals surface area contributed by atoms with E-state index in [1.807, 2.05) is 17.5 Å². The molecular formula is C12H13F3N4S. The molecule has 0 aliphatic rings. The maximum absolute atomic E-state index is 12.6. The number of likely N-dealkylation sites (N-methyl/N-ethyl adjacent to an activating group) is 1. The monoisotopic (exact) mass is 302 g/mol. The predicted octanol–water partition coefficient (Wildman–Crippen LogP) is 2.82. The van der Waals surface area contributed by atoms with Gasteiger partial charge in [-0.25, -0.2) is 9.97 Å². The lowest BCUT2D eigenvalue weighted by Crippen LogP contribution is -2.23. The van der Waals surface area contributed by atoms with Crippen molar-refractivity contribution >= 4 is 23.0 Å². The summed E-state index contributed by atoms with van der Waals surface area (Å²) in [7, 11) is 1.68. The molecule has 0 atom stereocenters. The zero-order chi connectivity index (χ0) is 14.8. The lowest BCUT2D eigenvalue weighted by molar-refractivity contribution is -0.144. The molecule has 0 aliphatic carbocycles. The first kappa shape index (κ1) is 14.6. The van der Waals surface area contributed by atoms with Crippen LogP contribution in [0.2, 0.25) is 0 Å². The summed E-state index contributed by atoms with van der Waals surface area (Å²) < 4.78 is 37.9. The van der Waals surface area contributed by atoms with Crippen LogP contribution in [0.5, 0.6) is 0 Å². The highest BCUT2D eigenvalue weighted by Crippen LogP contribution is 2.28. The molecule has 2 aromatic heterocycles. The van der Waals surface area contributed by atoms with Gasteiger partial charge in [0.25, 0.3) is 0 Å². The molecule has 2 heterocycles. The maximum Gasteiger partial charge on any atom is 0.451 e. The third kappa shape index (κ3) is 3.60. The molecule has 0 unspecified atom stereocenters. The molecule has 2 aromatic rings. The number of nitrogens with two attached hydrogens (primary N) is 1. The van der Waals surface area contributed by atoms with E-state index in [-0.39, 0.29) is 11.6 Å². The summed E-state index contributed by atoms with van der Waals surface area (Å²) in [6, 6.07) is 5.25. The average molecular weight is 302 g/mol. The van der Waals surface area contributed by atoms with Crippen LogP contribution in [-0.2, 0) is 12.6 Å². The first-order valence-electron chi connectivity index (χ1n) is 5.81. The first-order valence-corrected chi connectivity index (χ1v) is 6.69. The van der Waals surface area contributed by atoms with Crippen molar-refractivity contribution in [1.29, 1.82) is 0 Å². The van der Waals surface area contributed by atoms with Crippen molar-refractivity contribution in [3.8, 4) is 0 Å². The van der Waals surface area contributed by atoms with Crippen LogP contribution in [0.3, 0.4) is 0 Å². The van der Waals surface area contributed by atoms with Crippen LogP contribution >= 0.6 is 11.3 Å². The van der Waals surface area contributed by atoms with Gasteiger partial charge in [-0.05, 0) is 17.9 Å². The quantitative estimate of drug-likeness (QED) is 0.943. The topological polar surface area (TPSA) is 55.0 Å². The van der Waals surface area contributed by atoms with Crippen molar-refractivity contribution in [1.82, 2.24) is 9.97 Å². The van der Waals surface area contributed by atoms with E-state index in [1.165, 1.54) is 6.07 Å². The van der Waals surface area contributed by atoms with E-state index < -0.39 is 12.0 Å². The smallest absolute Gasteiger partial charge is 0.384 e. The number of hydrogen-bond donors (Lipinski definition) is 1. The fraction of sp³-hybridized carbons (Fsp3) is 0.333. The van der Waals surface area contributed by atoms with Crippen LogP contribution < -0.4 is 10.6 Å². The SMILES string of the molecule is CN(CCc1cccs1)c1cc(N)nc(C(F)(F)F)n1. The van der Waals surface area contributed by atoms with Gasteiger partial charge in [-0.15, -0.1) is 11.3 Å². The van der Waals surface area contributed by atoms with E-state index in [9.17, 15) is 13.2 Å². The highest BCUT2D eigenvalue weighted by molar-refractivity contribution is 7.09. The van der Waals surface area contributed by atoms with E-state index in [0.29, 0.717) is 6.54 Å². The van der Waals surface area contributed by atoms with Crippen molar-refractivity contribution in [2.45, 2.75) is 12.6 Å². The molecule has 0 aliphatic heterocycles. The van der Waals surface area contributed by atoms with E-state index >= 15 is 0 Å². The summed E-state index contributed by atoms with van der Waals surface area (Å²) in [6.07, 6.45) is -3.86. The van der Waals surface area contributed by atoms with Crippen molar-refractivity contribution in [2.24, 2.45) is 0 Å². The third-order valence-electron chi connectivity index (χ3n) is 2.65. The second-order valence-corrected chi connectivity index (χ2v) is 5.26. The van der Waals surface area contributed by atoms with Gasteiger partial charge in [0.05, 0.1) is 0 Å². The van der Waals surface area contributed by atoms with Crippen LogP contribution in [0.25, 0.3) is 0 Å². The Hall–Kier alpha value is -1.83. The Morgan fingerprint density at radius 3 is 2.70 bits per heavy atom. The molecule has 4 nitrogen and oxygen atoms in total. The number of halogens is 3. The summed E-state index contributed by atoms with van der Waals surface area (Å²) in [4.78, 5) is 9.53. The van der Waals surface area contributed by atoms with Gasteiger partial charge >= 0.3 is 6.18 Å². The molecule has 20 heavy (non-hydrogen) atoms. The van der Waals surface area contributed by atoms with Gasteiger partial charge in [0.15, 0.2) is 0 Å². The van der Waals surface area contributed by atoms with Crippen molar-refractivity contribution in [3.05, 3.63) is 34.3 Å². The Kier molecular flexibility index (Phi) is 4.12. The minimum atomic E-state index is -4.60. The van der Waals surface area contributed by atoms with E-state index in [4.69, 9.17) is 5.73 Å². The molecule has 0 saturated heterocycles. The van der Waals surface area contributed by atoms with E-state index in [2.05, 4.69) is 9.97 Å². The van der Waals surface area contributed by atoms with Crippen molar-refractivity contribution in [3.63, 3.8) is 0 Å². The summed E-state index contributed by atoms with van der Waals surface area (Å²) in [5.74, 6) is -1.23. The lowest BCUT2D eigenvalue weighted by atomic mass is 10.3. The van der Waals surface area contributed by atoms with E-state index in [1.54, 1.807) is 23.3 Å². The number of anilines is 2. The summed E-state index contributed by atoms with van der Waals surface area (Å²) >= 11 is 1.61. The van der Waals surface area contributed by atoms with Crippen molar-refractivity contribution < 1.29 is 13.2 Å². The first-order chi connectivity index (χ1) is 9.36. The zero-order valence-corrected chi connectivity index (χ0v) is 11.5. The highest BCUT2D eigenvalue weighted by Gasteiger charge is 2.35. The number of alkyl halides is 3. The predicted molar refractivity (Wildman–Crippen MR) is 72.7 cm³/mol. The Labute approximate surface area is 118 Å². The van der Waals surface area contributed by atoms with Crippen LogP contribution in [0.1, 0.15) is 10.7 Å². The summed E-state index contributed by atoms with van der Waals surface area (Å²) in [5, 5.41) is 1.96. The number of nitrogens with zero attached hydrogens (tertiary/aromatic N) is 3. The molecular weight excluding hydrogens is 289 g/mol. The van der Waals surface area contributed by atoms with Crippen LogP contribution in [0.15, 0.2) is 23.6 Å². The van der Waals surface area contributed by atoms with Gasteiger partial charge in [0, 0.05) is 24.5 Å². The fourth-order valence-corrected chi connectivity index (χ4v) is 2.32. The van der Waals surface area contributed by atoms with Crippen LogP contribution in [0.4, 0.5) is 24.8 Å². The van der Waals surface area contributed by atoms with Crippen molar-refractivity contribution in [2.75, 3.05) is 24.2 Å². The van der Waals surface area contributed by atoms with Gasteiger partial charge < -0.3 is 10.6 Å². The normalized spacial score (nSPS) is 11.6. The van der Waals surface area contributed by atoms with Gasteiger partial charge in [0.1, 0.15) is 11.6 Å². The summed E-state index contributed by atoms with van der Waals surface area (Å²) in [5.41, 5.74) is 5.41. The average Bonchev–Trinajstić information content (AvgIpc) is 2.87. The Balaban J connectivity index is 2.13. The number of thiophene rings is 1. The fourth-order valence-electron chi connectivity index (χ4n) is 1.62. The van der Waals surface area contributed by atoms with Gasteiger partial charge in [-0.3, -0.25) is 0 Å². The highest BCUT2D eigenvalue weighted by atomic mass is 32.1. The third-order valence-corrected chi connectivity index (χ3v) is 3.59. The molecule has 0 fully saturated rings. The molecule has 2 N–H and O–H groups in total. The molecule has 108 valence electrons. The van der Waals surface area contributed by atoms with Gasteiger partial charge in [0.2, 0.25) is 5.82 Å². The Bertz CT molecular complexity index is 569. The molecule has 0 radical (unpaired) electrons. The molecule has 0 saturated carbocycles. The number of hydrogen-bond acceptors (Lipinski definition) is 5. The molecule has 2 rings (SSSR count). The lowest BCUT2D eigenvalue weighted by Gasteiger charge is -2.19. The molecule has 0 amide bonds.